The molecule has 0 bridgehead atoms. The zero-order valence-electron chi connectivity index (χ0n) is 13.6. The second-order valence-corrected chi connectivity index (χ2v) is 6.26. The molecule has 0 saturated heterocycles. The standard InChI is InChI=1S/C20H15BrN2O3/c21-15-9-10-19(24)18(12-15)20(25)23-22-13-14-5-4-8-17(11-14)26-16-6-2-1-3-7-16/h1-13,24H,(H,23,25). The minimum absolute atomic E-state index is 0.112. The van der Waals surface area contributed by atoms with Crippen LogP contribution in [0.3, 0.4) is 0 Å². The highest BCUT2D eigenvalue weighted by molar-refractivity contribution is 9.10. The molecule has 0 aromatic heterocycles. The first kappa shape index (κ1) is 17.7. The fraction of sp³-hybridized carbons (Fsp3) is 0. The van der Waals surface area contributed by atoms with Crippen molar-refractivity contribution in [2.75, 3.05) is 0 Å². The van der Waals surface area contributed by atoms with Crippen LogP contribution in [0.1, 0.15) is 15.9 Å². The van der Waals surface area contributed by atoms with Gasteiger partial charge in [0.25, 0.3) is 5.91 Å². The molecule has 130 valence electrons. The lowest BCUT2D eigenvalue weighted by molar-refractivity contribution is 0.0952. The number of phenols is 1. The van der Waals surface area contributed by atoms with Crippen LogP contribution in [0.5, 0.6) is 17.2 Å². The predicted octanol–water partition coefficient (Wildman–Crippen LogP) is 4.71. The molecular formula is C20H15BrN2O3. The summed E-state index contributed by atoms with van der Waals surface area (Å²) in [6.45, 7) is 0. The summed E-state index contributed by atoms with van der Waals surface area (Å²) < 4.78 is 6.45. The summed E-state index contributed by atoms with van der Waals surface area (Å²) in [5.41, 5.74) is 3.29. The van der Waals surface area contributed by atoms with Crippen LogP contribution in [0.15, 0.2) is 82.4 Å². The summed E-state index contributed by atoms with van der Waals surface area (Å²) in [6.07, 6.45) is 1.50. The van der Waals surface area contributed by atoms with E-state index < -0.39 is 5.91 Å². The van der Waals surface area contributed by atoms with Gasteiger partial charge in [-0.2, -0.15) is 5.10 Å². The molecule has 0 heterocycles. The number of phenolic OH excluding ortho intramolecular Hbond substituents is 1. The predicted molar refractivity (Wildman–Crippen MR) is 104 cm³/mol. The number of hydrogen-bond donors (Lipinski definition) is 2. The van der Waals surface area contributed by atoms with E-state index in [0.717, 1.165) is 11.3 Å². The van der Waals surface area contributed by atoms with E-state index in [1.807, 2.05) is 48.5 Å². The van der Waals surface area contributed by atoms with Crippen LogP contribution in [0.4, 0.5) is 0 Å². The van der Waals surface area contributed by atoms with E-state index in [1.165, 1.54) is 18.3 Å². The molecule has 3 aromatic carbocycles. The van der Waals surface area contributed by atoms with Gasteiger partial charge in [0.1, 0.15) is 17.2 Å². The van der Waals surface area contributed by atoms with Gasteiger partial charge in [-0.05, 0) is 48.0 Å². The Morgan fingerprint density at radius 1 is 1.00 bits per heavy atom. The van der Waals surface area contributed by atoms with Crippen LogP contribution < -0.4 is 10.2 Å². The summed E-state index contributed by atoms with van der Waals surface area (Å²) in [5.74, 6) is 0.784. The maximum atomic E-state index is 12.1. The van der Waals surface area contributed by atoms with Gasteiger partial charge in [-0.3, -0.25) is 4.79 Å². The first-order valence-corrected chi connectivity index (χ1v) is 8.56. The first-order valence-electron chi connectivity index (χ1n) is 7.77. The van der Waals surface area contributed by atoms with Crippen molar-refractivity contribution in [3.8, 4) is 17.2 Å². The Morgan fingerprint density at radius 3 is 2.58 bits per heavy atom. The lowest BCUT2D eigenvalue weighted by Gasteiger charge is -2.06. The highest BCUT2D eigenvalue weighted by atomic mass is 79.9. The van der Waals surface area contributed by atoms with Gasteiger partial charge in [0, 0.05) is 4.47 Å². The molecule has 0 spiro atoms. The van der Waals surface area contributed by atoms with Crippen molar-refractivity contribution in [2.24, 2.45) is 5.10 Å². The van der Waals surface area contributed by atoms with E-state index in [2.05, 4.69) is 26.5 Å². The van der Waals surface area contributed by atoms with Crippen molar-refractivity contribution in [1.29, 1.82) is 0 Å². The Balaban J connectivity index is 1.66. The molecule has 2 N–H and O–H groups in total. The lowest BCUT2D eigenvalue weighted by atomic mass is 10.2. The highest BCUT2D eigenvalue weighted by Crippen LogP contribution is 2.22. The van der Waals surface area contributed by atoms with Gasteiger partial charge >= 0.3 is 0 Å². The van der Waals surface area contributed by atoms with E-state index in [1.54, 1.807) is 12.1 Å². The van der Waals surface area contributed by atoms with E-state index in [9.17, 15) is 9.90 Å². The maximum Gasteiger partial charge on any atom is 0.275 e. The second kappa shape index (κ2) is 8.31. The fourth-order valence-corrected chi connectivity index (χ4v) is 2.56. The molecule has 0 aliphatic carbocycles. The number of carbonyl (C=O) groups excluding carboxylic acids is 1. The molecule has 0 radical (unpaired) electrons. The number of para-hydroxylation sites is 1. The zero-order chi connectivity index (χ0) is 18.4. The highest BCUT2D eigenvalue weighted by Gasteiger charge is 2.10. The van der Waals surface area contributed by atoms with Crippen LogP contribution >= 0.6 is 15.9 Å². The minimum atomic E-state index is -0.503. The van der Waals surface area contributed by atoms with Gasteiger partial charge in [0.2, 0.25) is 0 Å². The van der Waals surface area contributed by atoms with Gasteiger partial charge in [-0.25, -0.2) is 5.43 Å². The SMILES string of the molecule is O=C(NN=Cc1cccc(Oc2ccccc2)c1)c1cc(Br)ccc1O. The van der Waals surface area contributed by atoms with E-state index in [-0.39, 0.29) is 11.3 Å². The quantitative estimate of drug-likeness (QED) is 0.472. The van der Waals surface area contributed by atoms with E-state index >= 15 is 0 Å². The van der Waals surface area contributed by atoms with Crippen LogP contribution in [0.2, 0.25) is 0 Å². The number of amides is 1. The number of carbonyl (C=O) groups is 1. The van der Waals surface area contributed by atoms with Gasteiger partial charge in [-0.1, -0.05) is 46.3 Å². The lowest BCUT2D eigenvalue weighted by Crippen LogP contribution is -2.17. The Kier molecular flexibility index (Phi) is 5.66. The number of rotatable bonds is 5. The monoisotopic (exact) mass is 410 g/mol. The van der Waals surface area contributed by atoms with E-state index in [0.29, 0.717) is 10.2 Å². The third-order valence-electron chi connectivity index (χ3n) is 3.42. The summed E-state index contributed by atoms with van der Waals surface area (Å²) in [5, 5.41) is 13.7. The second-order valence-electron chi connectivity index (χ2n) is 5.35. The molecule has 26 heavy (non-hydrogen) atoms. The average Bonchev–Trinajstić information content (AvgIpc) is 2.65. The number of ether oxygens (including phenoxy) is 1. The Hall–Kier alpha value is -3.12. The third kappa shape index (κ3) is 4.70. The molecule has 0 aliphatic heterocycles. The summed E-state index contributed by atoms with van der Waals surface area (Å²) >= 11 is 3.26. The molecule has 6 heteroatoms. The molecule has 3 rings (SSSR count). The van der Waals surface area contributed by atoms with Crippen molar-refractivity contribution in [3.63, 3.8) is 0 Å². The zero-order valence-corrected chi connectivity index (χ0v) is 15.2. The molecule has 5 nitrogen and oxygen atoms in total. The number of hydrazone groups is 1. The van der Waals surface area contributed by atoms with Crippen molar-refractivity contribution >= 4 is 28.1 Å². The van der Waals surface area contributed by atoms with Crippen molar-refractivity contribution in [2.45, 2.75) is 0 Å². The Labute approximate surface area is 159 Å². The molecule has 3 aromatic rings. The maximum absolute atomic E-state index is 12.1. The van der Waals surface area contributed by atoms with Crippen molar-refractivity contribution < 1.29 is 14.6 Å². The number of aromatic hydroxyl groups is 1. The first-order chi connectivity index (χ1) is 12.6. The average molecular weight is 411 g/mol. The van der Waals surface area contributed by atoms with Crippen LogP contribution in [0.25, 0.3) is 0 Å². The molecule has 0 unspecified atom stereocenters. The number of nitrogens with one attached hydrogen (secondary N) is 1. The normalized spacial score (nSPS) is 10.7. The molecule has 1 amide bonds. The van der Waals surface area contributed by atoms with Gasteiger partial charge in [0.05, 0.1) is 11.8 Å². The largest absolute Gasteiger partial charge is 0.507 e. The van der Waals surface area contributed by atoms with Crippen LogP contribution in [-0.4, -0.2) is 17.2 Å². The summed E-state index contributed by atoms with van der Waals surface area (Å²) in [6, 6.07) is 21.4. The molecular weight excluding hydrogens is 396 g/mol. The number of nitrogens with zero attached hydrogens (tertiary/aromatic N) is 1. The molecule has 0 aliphatic rings. The summed E-state index contributed by atoms with van der Waals surface area (Å²) in [7, 11) is 0. The van der Waals surface area contributed by atoms with E-state index in [4.69, 9.17) is 4.74 Å². The van der Waals surface area contributed by atoms with Crippen LogP contribution in [0, 0.1) is 0 Å². The van der Waals surface area contributed by atoms with Gasteiger partial charge in [0.15, 0.2) is 0 Å². The smallest absolute Gasteiger partial charge is 0.275 e. The fourth-order valence-electron chi connectivity index (χ4n) is 2.20. The molecule has 0 atom stereocenters. The third-order valence-corrected chi connectivity index (χ3v) is 3.91. The number of halogens is 1. The minimum Gasteiger partial charge on any atom is -0.507 e. The molecule has 0 fully saturated rings. The summed E-state index contributed by atoms with van der Waals surface area (Å²) in [4.78, 5) is 12.1. The Bertz CT molecular complexity index is 943. The topological polar surface area (TPSA) is 70.9 Å². The van der Waals surface area contributed by atoms with Crippen molar-refractivity contribution in [1.82, 2.24) is 5.43 Å². The van der Waals surface area contributed by atoms with Crippen molar-refractivity contribution in [3.05, 3.63) is 88.4 Å². The van der Waals surface area contributed by atoms with Gasteiger partial charge < -0.3 is 9.84 Å². The van der Waals surface area contributed by atoms with Crippen LogP contribution in [-0.2, 0) is 0 Å². The Morgan fingerprint density at radius 2 is 1.77 bits per heavy atom. The van der Waals surface area contributed by atoms with Gasteiger partial charge in [-0.15, -0.1) is 0 Å². The number of hydrogen-bond acceptors (Lipinski definition) is 4. The molecule has 0 saturated carbocycles. The number of benzene rings is 3.